The largest absolute Gasteiger partial charge is 0.418 e. The number of nitrogens with one attached hydrogen (secondary N) is 1. The molecule has 7 heteroatoms. The van der Waals surface area contributed by atoms with Crippen molar-refractivity contribution in [3.63, 3.8) is 0 Å². The van der Waals surface area contributed by atoms with Crippen molar-refractivity contribution in [2.75, 3.05) is 13.6 Å². The molecule has 0 spiro atoms. The van der Waals surface area contributed by atoms with E-state index in [1.54, 1.807) is 6.07 Å². The minimum absolute atomic E-state index is 0.134. The third kappa shape index (κ3) is 1.93. The fourth-order valence-electron chi connectivity index (χ4n) is 2.90. The maximum absolute atomic E-state index is 13.0. The molecule has 1 N–H and O–H groups in total. The van der Waals surface area contributed by atoms with Crippen LogP contribution in [0.1, 0.15) is 24.6 Å². The number of para-hydroxylation sites is 1. The van der Waals surface area contributed by atoms with Gasteiger partial charge in [-0.15, -0.1) is 0 Å². The van der Waals surface area contributed by atoms with Crippen molar-refractivity contribution >= 4 is 11.0 Å². The van der Waals surface area contributed by atoms with Crippen LogP contribution in [0.15, 0.2) is 23.0 Å². The summed E-state index contributed by atoms with van der Waals surface area (Å²) >= 11 is 0. The van der Waals surface area contributed by atoms with Gasteiger partial charge in [-0.1, -0.05) is 6.07 Å². The number of aromatic amines is 1. The average molecular weight is 285 g/mol. The summed E-state index contributed by atoms with van der Waals surface area (Å²) in [7, 11) is 1.87. The Morgan fingerprint density at radius 2 is 2.10 bits per heavy atom. The molecule has 1 fully saturated rings. The average Bonchev–Trinajstić information content (AvgIpc) is 2.89. The highest BCUT2D eigenvalue weighted by molar-refractivity contribution is 5.79. The van der Waals surface area contributed by atoms with Gasteiger partial charge in [-0.05, 0) is 38.6 Å². The van der Waals surface area contributed by atoms with Crippen LogP contribution in [0.4, 0.5) is 13.2 Å². The molecule has 1 aliphatic rings. The second-order valence-electron chi connectivity index (χ2n) is 5.10. The van der Waals surface area contributed by atoms with E-state index in [0.29, 0.717) is 5.52 Å². The zero-order valence-corrected chi connectivity index (χ0v) is 10.9. The Morgan fingerprint density at radius 3 is 2.70 bits per heavy atom. The third-order valence-electron chi connectivity index (χ3n) is 3.84. The molecule has 1 aliphatic heterocycles. The maximum Gasteiger partial charge on any atom is 0.418 e. The summed E-state index contributed by atoms with van der Waals surface area (Å²) in [5.74, 6) is 0. The van der Waals surface area contributed by atoms with Crippen molar-refractivity contribution in [2.24, 2.45) is 0 Å². The van der Waals surface area contributed by atoms with Crippen molar-refractivity contribution in [3.8, 4) is 0 Å². The molecule has 0 bridgehead atoms. The molecule has 2 heterocycles. The number of H-pyrrole nitrogens is 1. The normalized spacial score (nSPS) is 20.9. The second kappa shape index (κ2) is 4.37. The van der Waals surface area contributed by atoms with E-state index in [-0.39, 0.29) is 11.7 Å². The van der Waals surface area contributed by atoms with Gasteiger partial charge in [0.15, 0.2) is 0 Å². The summed E-state index contributed by atoms with van der Waals surface area (Å²) in [5.41, 5.74) is -1.11. The van der Waals surface area contributed by atoms with Crippen LogP contribution in [0.2, 0.25) is 0 Å². The number of aromatic nitrogens is 2. The van der Waals surface area contributed by atoms with Crippen LogP contribution in [0, 0.1) is 0 Å². The lowest BCUT2D eigenvalue weighted by Gasteiger charge is -2.20. The number of imidazole rings is 1. The molecule has 0 aliphatic carbocycles. The van der Waals surface area contributed by atoms with E-state index in [0.717, 1.165) is 25.5 Å². The molecular formula is C13H14F3N3O. The highest BCUT2D eigenvalue weighted by Gasteiger charge is 2.35. The van der Waals surface area contributed by atoms with E-state index in [1.807, 2.05) is 11.9 Å². The first-order chi connectivity index (χ1) is 9.39. The van der Waals surface area contributed by atoms with Gasteiger partial charge in [0.2, 0.25) is 0 Å². The van der Waals surface area contributed by atoms with Crippen molar-refractivity contribution in [3.05, 3.63) is 34.2 Å². The monoisotopic (exact) mass is 285 g/mol. The number of fused-ring (bicyclic) bond motifs is 1. The van der Waals surface area contributed by atoms with E-state index >= 15 is 0 Å². The van der Waals surface area contributed by atoms with Crippen molar-refractivity contribution in [1.29, 1.82) is 0 Å². The minimum Gasteiger partial charge on any atom is -0.305 e. The molecule has 1 atom stereocenters. The smallest absolute Gasteiger partial charge is 0.305 e. The number of hydrogen-bond acceptors (Lipinski definition) is 2. The lowest BCUT2D eigenvalue weighted by Crippen LogP contribution is -2.30. The summed E-state index contributed by atoms with van der Waals surface area (Å²) in [6, 6.07) is 3.87. The SMILES string of the molecule is CN1CCCC1n1c(=O)[nH]c2c(C(F)(F)F)cccc21. The zero-order valence-electron chi connectivity index (χ0n) is 10.9. The number of halogens is 3. The van der Waals surface area contributed by atoms with Crippen LogP contribution in [-0.2, 0) is 6.18 Å². The van der Waals surface area contributed by atoms with E-state index in [4.69, 9.17) is 0 Å². The minimum atomic E-state index is -4.48. The number of benzene rings is 1. The molecule has 0 saturated carbocycles. The zero-order chi connectivity index (χ0) is 14.5. The van der Waals surface area contributed by atoms with Gasteiger partial charge >= 0.3 is 11.9 Å². The van der Waals surface area contributed by atoms with Crippen LogP contribution in [-0.4, -0.2) is 28.0 Å². The number of likely N-dealkylation sites (tertiary alicyclic amines) is 1. The van der Waals surface area contributed by atoms with Gasteiger partial charge in [0.25, 0.3) is 0 Å². The van der Waals surface area contributed by atoms with Crippen molar-refractivity contribution in [1.82, 2.24) is 14.5 Å². The molecule has 2 aromatic rings. The molecule has 20 heavy (non-hydrogen) atoms. The van der Waals surface area contributed by atoms with Crippen molar-refractivity contribution < 1.29 is 13.2 Å². The number of nitrogens with zero attached hydrogens (tertiary/aromatic N) is 2. The van der Waals surface area contributed by atoms with Crippen LogP contribution in [0.25, 0.3) is 11.0 Å². The Labute approximate surface area is 112 Å². The van der Waals surface area contributed by atoms with E-state index in [9.17, 15) is 18.0 Å². The summed E-state index contributed by atoms with van der Waals surface area (Å²) in [6.45, 7) is 0.836. The molecule has 1 aromatic carbocycles. The van der Waals surface area contributed by atoms with Crippen LogP contribution in [0.3, 0.4) is 0 Å². The molecule has 0 amide bonds. The maximum atomic E-state index is 13.0. The number of alkyl halides is 3. The van der Waals surface area contributed by atoms with Crippen molar-refractivity contribution in [2.45, 2.75) is 25.2 Å². The Balaban J connectivity index is 2.25. The molecule has 1 aromatic heterocycles. The quantitative estimate of drug-likeness (QED) is 0.875. The van der Waals surface area contributed by atoms with E-state index in [1.165, 1.54) is 10.6 Å². The standard InChI is InChI=1S/C13H14F3N3O/c1-18-7-3-6-10(18)19-9-5-2-4-8(13(14,15)16)11(9)17-12(19)20/h2,4-5,10H,3,6-7H2,1H3,(H,17,20). The molecular weight excluding hydrogens is 271 g/mol. The molecule has 1 saturated heterocycles. The highest BCUT2D eigenvalue weighted by atomic mass is 19.4. The summed E-state index contributed by atoms with van der Waals surface area (Å²) in [6.07, 6.45) is -2.96. The van der Waals surface area contributed by atoms with Gasteiger partial charge in [0.1, 0.15) is 0 Å². The fraction of sp³-hybridized carbons (Fsp3) is 0.462. The molecule has 4 nitrogen and oxygen atoms in total. The van der Waals surface area contributed by atoms with Gasteiger partial charge < -0.3 is 4.98 Å². The molecule has 3 rings (SSSR count). The topological polar surface area (TPSA) is 41.0 Å². The highest BCUT2D eigenvalue weighted by Crippen LogP contribution is 2.35. The van der Waals surface area contributed by atoms with Gasteiger partial charge in [-0.25, -0.2) is 4.79 Å². The first-order valence-corrected chi connectivity index (χ1v) is 6.40. The van der Waals surface area contributed by atoms with Gasteiger partial charge in [0.05, 0.1) is 22.8 Å². The lowest BCUT2D eigenvalue weighted by atomic mass is 10.1. The Hall–Kier alpha value is -1.76. The van der Waals surface area contributed by atoms with Crippen LogP contribution >= 0.6 is 0 Å². The Bertz CT molecular complexity index is 701. The first kappa shape index (κ1) is 13.2. The van der Waals surface area contributed by atoms with Crippen LogP contribution in [0.5, 0.6) is 0 Å². The Morgan fingerprint density at radius 1 is 1.35 bits per heavy atom. The van der Waals surface area contributed by atoms with E-state index in [2.05, 4.69) is 4.98 Å². The summed E-state index contributed by atoms with van der Waals surface area (Å²) < 4.78 is 40.3. The van der Waals surface area contributed by atoms with Crippen LogP contribution < -0.4 is 5.69 Å². The van der Waals surface area contributed by atoms with E-state index < -0.39 is 17.4 Å². The first-order valence-electron chi connectivity index (χ1n) is 6.40. The summed E-state index contributed by atoms with van der Waals surface area (Å²) in [5, 5.41) is 0. The Kier molecular flexibility index (Phi) is 2.89. The van der Waals surface area contributed by atoms with Gasteiger partial charge in [0, 0.05) is 0 Å². The van der Waals surface area contributed by atoms with Gasteiger partial charge in [-0.3, -0.25) is 9.47 Å². The predicted molar refractivity (Wildman–Crippen MR) is 68.5 cm³/mol. The third-order valence-corrected chi connectivity index (χ3v) is 3.84. The summed E-state index contributed by atoms with van der Waals surface area (Å²) in [4.78, 5) is 16.4. The molecule has 1 unspecified atom stereocenters. The molecule has 108 valence electrons. The molecule has 0 radical (unpaired) electrons. The predicted octanol–water partition coefficient (Wildman–Crippen LogP) is 2.57. The second-order valence-corrected chi connectivity index (χ2v) is 5.10. The fourth-order valence-corrected chi connectivity index (χ4v) is 2.90. The number of rotatable bonds is 1. The van der Waals surface area contributed by atoms with Gasteiger partial charge in [-0.2, -0.15) is 13.2 Å². The number of hydrogen-bond donors (Lipinski definition) is 1. The lowest BCUT2D eigenvalue weighted by molar-refractivity contribution is -0.136.